The van der Waals surface area contributed by atoms with Crippen LogP contribution in [0.15, 0.2) is 60.7 Å². The quantitative estimate of drug-likeness (QED) is 0.544. The van der Waals surface area contributed by atoms with E-state index >= 15 is 0 Å². The summed E-state index contributed by atoms with van der Waals surface area (Å²) in [6, 6.07) is 20.7. The molecule has 0 aromatic heterocycles. The van der Waals surface area contributed by atoms with E-state index in [1.54, 1.807) is 0 Å². The SMILES string of the molecule is [CH2-]CCN(C)c1ccccc1.[CH2-]CCN(C)c1ccccc1.[Zn+2]. The number of hydrogen-bond acceptors (Lipinski definition) is 2. The van der Waals surface area contributed by atoms with E-state index in [9.17, 15) is 0 Å². The summed E-state index contributed by atoms with van der Waals surface area (Å²) in [5, 5.41) is 0. The molecular weight excluding hydrogens is 334 g/mol. The molecule has 23 heavy (non-hydrogen) atoms. The van der Waals surface area contributed by atoms with Crippen molar-refractivity contribution in [1.29, 1.82) is 0 Å². The largest absolute Gasteiger partial charge is 2.00 e. The Morgan fingerprint density at radius 2 is 0.957 bits per heavy atom. The van der Waals surface area contributed by atoms with Gasteiger partial charge in [0.25, 0.3) is 0 Å². The van der Waals surface area contributed by atoms with Crippen molar-refractivity contribution in [2.45, 2.75) is 12.8 Å². The van der Waals surface area contributed by atoms with E-state index in [1.807, 2.05) is 12.1 Å². The van der Waals surface area contributed by atoms with Crippen LogP contribution in [-0.4, -0.2) is 27.2 Å². The molecule has 2 rings (SSSR count). The number of hydrogen-bond donors (Lipinski definition) is 0. The molecule has 0 fully saturated rings. The summed E-state index contributed by atoms with van der Waals surface area (Å²) in [6.07, 6.45) is 1.90. The van der Waals surface area contributed by atoms with Crippen molar-refractivity contribution in [3.8, 4) is 0 Å². The minimum Gasteiger partial charge on any atom is -0.377 e. The van der Waals surface area contributed by atoms with Crippen LogP contribution in [0.2, 0.25) is 0 Å². The summed E-state index contributed by atoms with van der Waals surface area (Å²) in [7, 11) is 4.17. The van der Waals surface area contributed by atoms with E-state index in [0.717, 1.165) is 25.9 Å². The Balaban J connectivity index is 0.000000403. The first-order chi connectivity index (χ1) is 10.7. The smallest absolute Gasteiger partial charge is 0.377 e. The molecule has 0 spiro atoms. The van der Waals surface area contributed by atoms with Gasteiger partial charge in [-0.05, 0) is 37.4 Å². The summed E-state index contributed by atoms with van der Waals surface area (Å²) >= 11 is 0. The summed E-state index contributed by atoms with van der Waals surface area (Å²) in [5.74, 6) is 0. The van der Waals surface area contributed by atoms with Crippen LogP contribution in [0.3, 0.4) is 0 Å². The van der Waals surface area contributed by atoms with E-state index in [1.165, 1.54) is 11.4 Å². The maximum Gasteiger partial charge on any atom is 2.00 e. The molecule has 3 heteroatoms. The zero-order chi connectivity index (χ0) is 16.2. The van der Waals surface area contributed by atoms with Crippen LogP contribution in [0.25, 0.3) is 0 Å². The molecule has 0 heterocycles. The fourth-order valence-corrected chi connectivity index (χ4v) is 2.10. The number of para-hydroxylation sites is 2. The average Bonchev–Trinajstić information content (AvgIpc) is 2.57. The molecule has 2 nitrogen and oxygen atoms in total. The van der Waals surface area contributed by atoms with Gasteiger partial charge in [0.15, 0.2) is 0 Å². The predicted molar refractivity (Wildman–Crippen MR) is 99.4 cm³/mol. The Hall–Kier alpha value is -1.34. The van der Waals surface area contributed by atoms with Crippen LogP contribution in [0.1, 0.15) is 12.8 Å². The van der Waals surface area contributed by atoms with Gasteiger partial charge >= 0.3 is 19.5 Å². The molecule has 0 saturated carbocycles. The number of nitrogens with zero attached hydrogens (tertiary/aromatic N) is 2. The van der Waals surface area contributed by atoms with Crippen molar-refractivity contribution in [3.63, 3.8) is 0 Å². The van der Waals surface area contributed by atoms with Crippen LogP contribution in [0.4, 0.5) is 11.4 Å². The number of rotatable bonds is 6. The maximum atomic E-state index is 3.81. The van der Waals surface area contributed by atoms with E-state index in [0.29, 0.717) is 0 Å². The summed E-state index contributed by atoms with van der Waals surface area (Å²) in [4.78, 5) is 4.40. The topological polar surface area (TPSA) is 6.48 Å². The summed E-state index contributed by atoms with van der Waals surface area (Å²) in [6.45, 7) is 9.65. The van der Waals surface area contributed by atoms with Gasteiger partial charge in [-0.3, -0.25) is 0 Å². The molecule has 0 bridgehead atoms. The number of benzene rings is 2. The molecule has 0 aliphatic carbocycles. The normalized spacial score (nSPS) is 9.22. The summed E-state index contributed by atoms with van der Waals surface area (Å²) in [5.41, 5.74) is 2.52. The van der Waals surface area contributed by atoms with E-state index in [4.69, 9.17) is 0 Å². The van der Waals surface area contributed by atoms with Gasteiger partial charge in [0.2, 0.25) is 0 Å². The van der Waals surface area contributed by atoms with Crippen LogP contribution in [0, 0.1) is 13.8 Å². The molecule has 2 aromatic carbocycles. The molecule has 0 N–H and O–H groups in total. The molecule has 2 aromatic rings. The van der Waals surface area contributed by atoms with Crippen LogP contribution >= 0.6 is 0 Å². The third-order valence-electron chi connectivity index (χ3n) is 3.38. The van der Waals surface area contributed by atoms with Crippen molar-refractivity contribution in [2.75, 3.05) is 37.0 Å². The van der Waals surface area contributed by atoms with E-state index in [-0.39, 0.29) is 19.5 Å². The Morgan fingerprint density at radius 3 is 1.22 bits per heavy atom. The van der Waals surface area contributed by atoms with Gasteiger partial charge in [-0.25, -0.2) is 0 Å². The van der Waals surface area contributed by atoms with Crippen LogP contribution < -0.4 is 9.80 Å². The maximum absolute atomic E-state index is 3.81. The predicted octanol–water partition coefficient (Wildman–Crippen LogP) is 4.69. The minimum absolute atomic E-state index is 0. The Kier molecular flexibility index (Phi) is 12.4. The molecule has 0 aliphatic heterocycles. The monoisotopic (exact) mass is 360 g/mol. The fraction of sp³-hybridized carbons (Fsp3) is 0.300. The van der Waals surface area contributed by atoms with Gasteiger partial charge in [-0.1, -0.05) is 36.4 Å². The standard InChI is InChI=1S/2C10H14N.Zn/c2*1-3-9-11(2)10-7-5-4-6-8-10;/h2*4-8H,1,3,9H2,2H3;/q2*-1;+2. The van der Waals surface area contributed by atoms with Gasteiger partial charge in [0, 0.05) is 25.5 Å². The first kappa shape index (κ1) is 21.7. The second-order valence-corrected chi connectivity index (χ2v) is 5.22. The van der Waals surface area contributed by atoms with Crippen molar-refractivity contribution in [2.24, 2.45) is 0 Å². The molecule has 0 radical (unpaired) electrons. The van der Waals surface area contributed by atoms with Gasteiger partial charge in [-0.2, -0.15) is 12.8 Å². The third-order valence-corrected chi connectivity index (χ3v) is 3.38. The van der Waals surface area contributed by atoms with Crippen molar-refractivity contribution >= 4 is 11.4 Å². The molecule has 0 amide bonds. The van der Waals surface area contributed by atoms with Crippen molar-refractivity contribution in [3.05, 3.63) is 74.5 Å². The zero-order valence-corrected chi connectivity index (χ0v) is 17.6. The second kappa shape index (κ2) is 13.1. The van der Waals surface area contributed by atoms with Crippen molar-refractivity contribution < 1.29 is 19.5 Å². The fourth-order valence-electron chi connectivity index (χ4n) is 2.10. The Labute approximate surface area is 155 Å². The van der Waals surface area contributed by atoms with E-state index in [2.05, 4.69) is 86.3 Å². The molecule has 120 valence electrons. The van der Waals surface area contributed by atoms with Crippen molar-refractivity contribution in [1.82, 2.24) is 0 Å². The Bertz CT molecular complexity index is 440. The average molecular weight is 362 g/mol. The molecule has 0 atom stereocenters. The van der Waals surface area contributed by atoms with Gasteiger partial charge in [0.1, 0.15) is 0 Å². The van der Waals surface area contributed by atoms with Crippen LogP contribution in [-0.2, 0) is 19.5 Å². The molecular formula is C20H28N2Zn. The van der Waals surface area contributed by atoms with Gasteiger partial charge < -0.3 is 23.6 Å². The molecule has 0 saturated heterocycles. The second-order valence-electron chi connectivity index (χ2n) is 5.22. The molecule has 0 unspecified atom stereocenters. The Morgan fingerprint density at radius 1 is 0.652 bits per heavy atom. The van der Waals surface area contributed by atoms with Crippen LogP contribution in [0.5, 0.6) is 0 Å². The first-order valence-corrected chi connectivity index (χ1v) is 7.80. The van der Waals surface area contributed by atoms with Gasteiger partial charge in [0.05, 0.1) is 0 Å². The van der Waals surface area contributed by atoms with E-state index < -0.39 is 0 Å². The molecule has 0 aliphatic rings. The summed E-state index contributed by atoms with van der Waals surface area (Å²) < 4.78 is 0. The third kappa shape index (κ3) is 8.76. The zero-order valence-electron chi connectivity index (χ0n) is 14.6. The first-order valence-electron chi connectivity index (χ1n) is 7.80. The number of anilines is 2. The van der Waals surface area contributed by atoms with Gasteiger partial charge in [-0.15, -0.1) is 0 Å². The minimum atomic E-state index is 0.